The molecular weight excluding hydrogens is 387 g/mol. The topological polar surface area (TPSA) is 59.8 Å². The first-order valence-corrected chi connectivity index (χ1v) is 9.84. The van der Waals surface area contributed by atoms with E-state index in [2.05, 4.69) is 15.4 Å². The molecule has 4 aromatic rings. The first-order valence-electron chi connectivity index (χ1n) is 8.96. The van der Waals surface area contributed by atoms with E-state index in [0.717, 1.165) is 16.0 Å². The molecule has 4 rings (SSSR count). The van der Waals surface area contributed by atoms with Crippen molar-refractivity contribution in [2.75, 3.05) is 5.32 Å². The molecule has 2 aromatic heterocycles. The van der Waals surface area contributed by atoms with E-state index in [9.17, 15) is 9.18 Å². The lowest BCUT2D eigenvalue weighted by atomic mass is 10.2. The Bertz CT molecular complexity index is 1120. The number of aromatic nitrogens is 3. The molecule has 5 nitrogen and oxygen atoms in total. The highest BCUT2D eigenvalue weighted by Gasteiger charge is 2.15. The second kappa shape index (κ2) is 8.62. The van der Waals surface area contributed by atoms with Gasteiger partial charge in [0, 0.05) is 16.5 Å². The Labute approximate surface area is 171 Å². The summed E-state index contributed by atoms with van der Waals surface area (Å²) in [7, 11) is 0. The minimum absolute atomic E-state index is 0.322. The van der Waals surface area contributed by atoms with E-state index < -0.39 is 0 Å². The van der Waals surface area contributed by atoms with Crippen LogP contribution < -0.4 is 5.32 Å². The van der Waals surface area contributed by atoms with Gasteiger partial charge in [-0.15, -0.1) is 16.4 Å². The maximum Gasteiger partial charge on any atom is 0.274 e. The monoisotopic (exact) mass is 404 g/mol. The number of halogens is 1. The minimum Gasteiger partial charge on any atom is -0.349 e. The average Bonchev–Trinajstić information content (AvgIpc) is 3.42. The summed E-state index contributed by atoms with van der Waals surface area (Å²) in [6.45, 7) is 0.541. The van der Waals surface area contributed by atoms with Crippen molar-refractivity contribution in [1.29, 1.82) is 0 Å². The third kappa shape index (κ3) is 4.64. The van der Waals surface area contributed by atoms with Gasteiger partial charge in [0.05, 0.1) is 6.54 Å². The van der Waals surface area contributed by atoms with Crippen molar-refractivity contribution < 1.29 is 9.18 Å². The van der Waals surface area contributed by atoms with Crippen LogP contribution in [0.3, 0.4) is 0 Å². The number of anilines is 1. The third-order valence-corrected chi connectivity index (χ3v) is 5.01. The molecule has 29 heavy (non-hydrogen) atoms. The molecule has 0 saturated heterocycles. The molecule has 0 spiro atoms. The Balaban J connectivity index is 1.61. The lowest BCUT2D eigenvalue weighted by molar-refractivity contribution is 0.0957. The Morgan fingerprint density at radius 1 is 1.07 bits per heavy atom. The summed E-state index contributed by atoms with van der Waals surface area (Å²) in [5, 5.41) is 9.57. The Morgan fingerprint density at radius 3 is 2.59 bits per heavy atom. The number of hydrogen-bond acceptors (Lipinski definition) is 5. The van der Waals surface area contributed by atoms with E-state index in [0.29, 0.717) is 18.3 Å². The summed E-state index contributed by atoms with van der Waals surface area (Å²) < 4.78 is 14.3. The van der Waals surface area contributed by atoms with E-state index >= 15 is 0 Å². The number of nitrogens with zero attached hydrogens (tertiary/aromatic N) is 3. The molecule has 0 bridgehead atoms. The highest BCUT2D eigenvalue weighted by Crippen LogP contribution is 2.19. The lowest BCUT2D eigenvalue weighted by Crippen LogP contribution is -2.14. The molecule has 1 N–H and O–H groups in total. The maximum absolute atomic E-state index is 13.0. The highest BCUT2D eigenvalue weighted by molar-refractivity contribution is 7.09. The van der Waals surface area contributed by atoms with Gasteiger partial charge in [-0.25, -0.2) is 4.39 Å². The largest absolute Gasteiger partial charge is 0.349 e. The predicted octanol–water partition coefficient (Wildman–Crippen LogP) is 5.11. The molecule has 0 radical (unpaired) electrons. The second-order valence-corrected chi connectivity index (χ2v) is 7.23. The first-order chi connectivity index (χ1) is 14.2. The molecule has 0 fully saturated rings. The number of nitrogens with one attached hydrogen (secondary N) is 1. The van der Waals surface area contributed by atoms with Gasteiger partial charge in [0.2, 0.25) is 5.95 Å². The standard InChI is InChI=1S/C22H17FN4OS/c23-18-11-8-16(9-12-18)10-13-20(28)27-22(24-15-19-7-4-14-29-19)25-21(26-27)17-5-2-1-3-6-17/h1-14H,15H2,(H,24,25,26). The van der Waals surface area contributed by atoms with Crippen molar-refractivity contribution in [2.24, 2.45) is 0 Å². The summed E-state index contributed by atoms with van der Waals surface area (Å²) in [5.74, 6) is 0.156. The molecule has 144 valence electrons. The molecule has 0 aliphatic rings. The second-order valence-electron chi connectivity index (χ2n) is 6.19. The van der Waals surface area contributed by atoms with Crippen LogP contribution in [0.25, 0.3) is 17.5 Å². The molecular formula is C22H17FN4OS. The van der Waals surface area contributed by atoms with Crippen LogP contribution in [0.15, 0.2) is 78.2 Å². The normalized spacial score (nSPS) is 11.1. The quantitative estimate of drug-likeness (QED) is 0.454. The van der Waals surface area contributed by atoms with E-state index in [-0.39, 0.29) is 11.7 Å². The number of rotatable bonds is 6. The van der Waals surface area contributed by atoms with Gasteiger partial charge in [-0.2, -0.15) is 9.67 Å². The molecule has 0 unspecified atom stereocenters. The zero-order valence-corrected chi connectivity index (χ0v) is 16.1. The van der Waals surface area contributed by atoms with Gasteiger partial charge in [0.15, 0.2) is 5.82 Å². The van der Waals surface area contributed by atoms with Crippen molar-refractivity contribution in [3.63, 3.8) is 0 Å². The molecule has 0 amide bonds. The Morgan fingerprint density at radius 2 is 1.86 bits per heavy atom. The Kier molecular flexibility index (Phi) is 5.58. The van der Waals surface area contributed by atoms with E-state index in [1.807, 2.05) is 47.8 Å². The summed E-state index contributed by atoms with van der Waals surface area (Å²) in [6, 6.07) is 19.4. The van der Waals surface area contributed by atoms with Crippen LogP contribution in [-0.2, 0) is 6.54 Å². The van der Waals surface area contributed by atoms with Crippen molar-refractivity contribution in [1.82, 2.24) is 14.8 Å². The smallest absolute Gasteiger partial charge is 0.274 e. The molecule has 0 atom stereocenters. The number of thiophene rings is 1. The summed E-state index contributed by atoms with van der Waals surface area (Å²) >= 11 is 1.62. The average molecular weight is 404 g/mol. The van der Waals surface area contributed by atoms with E-state index in [1.54, 1.807) is 29.5 Å². The predicted molar refractivity (Wildman–Crippen MR) is 113 cm³/mol. The van der Waals surface area contributed by atoms with E-state index in [1.165, 1.54) is 22.9 Å². The number of allylic oxidation sites excluding steroid dienone is 1. The number of hydrogen-bond donors (Lipinski definition) is 1. The molecule has 7 heteroatoms. The third-order valence-electron chi connectivity index (χ3n) is 4.14. The van der Waals surface area contributed by atoms with Gasteiger partial charge in [-0.05, 0) is 35.2 Å². The fraction of sp³-hybridized carbons (Fsp3) is 0.0455. The van der Waals surface area contributed by atoms with Crippen molar-refractivity contribution in [3.8, 4) is 11.4 Å². The molecule has 2 aromatic carbocycles. The van der Waals surface area contributed by atoms with Gasteiger partial charge < -0.3 is 5.32 Å². The zero-order chi connectivity index (χ0) is 20.1. The zero-order valence-electron chi connectivity index (χ0n) is 15.3. The molecule has 0 aliphatic heterocycles. The van der Waals surface area contributed by atoms with Crippen molar-refractivity contribution in [3.05, 3.63) is 94.4 Å². The summed E-state index contributed by atoms with van der Waals surface area (Å²) in [6.07, 6.45) is 3.02. The SMILES string of the molecule is O=C(C=Cc1ccc(F)cc1)n1nc(-c2ccccc2)nc1NCc1cccs1. The van der Waals surface area contributed by atoms with Crippen LogP contribution >= 0.6 is 11.3 Å². The van der Waals surface area contributed by atoms with Gasteiger partial charge in [0.25, 0.3) is 5.91 Å². The van der Waals surface area contributed by atoms with Crippen molar-refractivity contribution in [2.45, 2.75) is 6.54 Å². The highest BCUT2D eigenvalue weighted by atomic mass is 32.1. The fourth-order valence-corrected chi connectivity index (χ4v) is 3.33. The van der Waals surface area contributed by atoms with E-state index in [4.69, 9.17) is 0 Å². The van der Waals surface area contributed by atoms with Gasteiger partial charge >= 0.3 is 0 Å². The van der Waals surface area contributed by atoms with Crippen LogP contribution in [0.4, 0.5) is 10.3 Å². The fourth-order valence-electron chi connectivity index (χ4n) is 2.68. The minimum atomic E-state index is -0.349. The summed E-state index contributed by atoms with van der Waals surface area (Å²) in [5.41, 5.74) is 1.54. The molecule has 0 saturated carbocycles. The summed E-state index contributed by atoms with van der Waals surface area (Å²) in [4.78, 5) is 18.4. The molecule has 2 heterocycles. The van der Waals surface area contributed by atoms with Crippen molar-refractivity contribution >= 4 is 29.3 Å². The van der Waals surface area contributed by atoms with Gasteiger partial charge in [-0.1, -0.05) is 48.5 Å². The lowest BCUT2D eigenvalue weighted by Gasteiger charge is -2.04. The van der Waals surface area contributed by atoms with Crippen LogP contribution in [0.2, 0.25) is 0 Å². The number of carbonyl (C=O) groups is 1. The van der Waals surface area contributed by atoms with Gasteiger partial charge in [0.1, 0.15) is 5.82 Å². The number of benzene rings is 2. The number of carbonyl (C=O) groups excluding carboxylic acids is 1. The van der Waals surface area contributed by atoms with Crippen LogP contribution in [0.5, 0.6) is 0 Å². The molecule has 0 aliphatic carbocycles. The first kappa shape index (κ1) is 18.8. The Hall–Kier alpha value is -3.58. The van der Waals surface area contributed by atoms with Crippen LogP contribution in [-0.4, -0.2) is 20.7 Å². The van der Waals surface area contributed by atoms with Gasteiger partial charge in [-0.3, -0.25) is 4.79 Å². The van der Waals surface area contributed by atoms with Crippen LogP contribution in [0, 0.1) is 5.82 Å². The van der Waals surface area contributed by atoms with Crippen LogP contribution in [0.1, 0.15) is 15.2 Å². The maximum atomic E-state index is 13.0.